The van der Waals surface area contributed by atoms with Crippen molar-refractivity contribution in [3.63, 3.8) is 0 Å². The molecule has 1 fully saturated rings. The zero-order valence-electron chi connectivity index (χ0n) is 13.1. The Morgan fingerprint density at radius 3 is 2.30 bits per heavy atom. The third-order valence-corrected chi connectivity index (χ3v) is 6.25. The van der Waals surface area contributed by atoms with Crippen LogP contribution in [0.4, 0.5) is 10.9 Å². The van der Waals surface area contributed by atoms with Crippen LogP contribution in [0.1, 0.15) is 37.4 Å². The van der Waals surface area contributed by atoms with Gasteiger partial charge in [-0.1, -0.05) is 39.0 Å². The van der Waals surface area contributed by atoms with Crippen molar-refractivity contribution < 1.29 is 4.79 Å². The van der Waals surface area contributed by atoms with Crippen molar-refractivity contribution in [1.29, 1.82) is 0 Å². The lowest BCUT2D eigenvalue weighted by atomic mass is 10.0. The van der Waals surface area contributed by atoms with Gasteiger partial charge in [-0.05, 0) is 16.7 Å². The minimum Gasteiger partial charge on any atom is -0.382 e. The maximum atomic E-state index is 12.2. The van der Waals surface area contributed by atoms with E-state index in [2.05, 4.69) is 38.0 Å². The van der Waals surface area contributed by atoms with E-state index in [4.69, 9.17) is 5.73 Å². The Kier molecular flexibility index (Phi) is 3.48. The number of hydrogen-bond acceptors (Lipinski definition) is 5. The molecule has 0 bridgehead atoms. The van der Waals surface area contributed by atoms with Gasteiger partial charge >= 0.3 is 0 Å². The summed E-state index contributed by atoms with van der Waals surface area (Å²) >= 11 is 1.33. The Morgan fingerprint density at radius 2 is 1.90 bits per heavy atom. The average Bonchev–Trinajstić information content (AvgIpc) is 2.64. The highest BCUT2D eigenvalue weighted by Gasteiger charge is 2.64. The number of amides is 1. The second kappa shape index (κ2) is 4.62. The molecular weight excluding hydrogens is 272 g/mol. The number of nitrogen functional groups attached to an aromatic ring is 1. The molecule has 0 atom stereocenters. The fraction of sp³-hybridized carbons (Fsp3) is 0.714. The summed E-state index contributed by atoms with van der Waals surface area (Å²) in [5, 5.41) is 3.75. The van der Waals surface area contributed by atoms with Crippen LogP contribution in [0, 0.1) is 16.7 Å². The second-order valence-electron chi connectivity index (χ2n) is 6.81. The number of nitrogens with one attached hydrogen (secondary N) is 1. The summed E-state index contributed by atoms with van der Waals surface area (Å²) in [6.07, 6.45) is 0. The van der Waals surface area contributed by atoms with E-state index in [0.717, 1.165) is 5.13 Å². The van der Waals surface area contributed by atoms with E-state index in [9.17, 15) is 4.79 Å². The Balaban J connectivity index is 2.00. The molecule has 1 aromatic heterocycles. The van der Waals surface area contributed by atoms with Crippen LogP contribution in [0.2, 0.25) is 0 Å². The number of hydrogen-bond donors (Lipinski definition) is 2. The van der Waals surface area contributed by atoms with Crippen molar-refractivity contribution in [2.24, 2.45) is 16.7 Å². The summed E-state index contributed by atoms with van der Waals surface area (Å²) in [6.45, 7) is 9.67. The topological polar surface area (TPSA) is 71.2 Å². The Morgan fingerprint density at radius 1 is 1.35 bits per heavy atom. The van der Waals surface area contributed by atoms with Gasteiger partial charge in [-0.3, -0.25) is 4.79 Å². The first-order valence-electron chi connectivity index (χ1n) is 6.81. The van der Waals surface area contributed by atoms with Gasteiger partial charge in [-0.25, -0.2) is 4.98 Å². The lowest BCUT2D eigenvalue weighted by Gasteiger charge is -2.06. The number of nitrogens with two attached hydrogens (primary N) is 1. The minimum absolute atomic E-state index is 0.119. The van der Waals surface area contributed by atoms with Crippen LogP contribution >= 0.6 is 11.3 Å². The van der Waals surface area contributed by atoms with Gasteiger partial charge in [0.15, 0.2) is 5.13 Å². The molecule has 0 spiro atoms. The van der Waals surface area contributed by atoms with Crippen molar-refractivity contribution in [3.05, 3.63) is 4.88 Å². The SMILES string of the molecule is CN(C)c1nc(N)c(C(=O)NCC2C(C)(C)C2(C)C)s1. The molecule has 1 aliphatic carbocycles. The minimum atomic E-state index is -0.119. The zero-order valence-corrected chi connectivity index (χ0v) is 13.9. The fourth-order valence-electron chi connectivity index (χ4n) is 2.79. The molecule has 0 saturated heterocycles. The quantitative estimate of drug-likeness (QED) is 0.893. The summed E-state index contributed by atoms with van der Waals surface area (Å²) < 4.78 is 0. The first-order valence-corrected chi connectivity index (χ1v) is 7.62. The van der Waals surface area contributed by atoms with Crippen LogP contribution in [-0.2, 0) is 0 Å². The van der Waals surface area contributed by atoms with Crippen molar-refractivity contribution >= 4 is 28.2 Å². The Labute approximate surface area is 124 Å². The molecule has 0 unspecified atom stereocenters. The molecule has 0 radical (unpaired) electrons. The first-order chi connectivity index (χ1) is 9.09. The van der Waals surface area contributed by atoms with Gasteiger partial charge in [0.05, 0.1) is 0 Å². The van der Waals surface area contributed by atoms with Gasteiger partial charge < -0.3 is 16.0 Å². The van der Waals surface area contributed by atoms with Gasteiger partial charge in [-0.15, -0.1) is 0 Å². The molecule has 20 heavy (non-hydrogen) atoms. The maximum absolute atomic E-state index is 12.2. The molecule has 6 heteroatoms. The molecule has 3 N–H and O–H groups in total. The number of thiazole rings is 1. The van der Waals surface area contributed by atoms with Crippen LogP contribution in [0.15, 0.2) is 0 Å². The smallest absolute Gasteiger partial charge is 0.265 e. The Bertz CT molecular complexity index is 519. The molecule has 0 aromatic carbocycles. The highest BCUT2D eigenvalue weighted by molar-refractivity contribution is 7.18. The summed E-state index contributed by atoms with van der Waals surface area (Å²) in [6, 6.07) is 0. The van der Waals surface area contributed by atoms with Crippen LogP contribution in [0.3, 0.4) is 0 Å². The third-order valence-electron chi connectivity index (χ3n) is 5.02. The van der Waals surface area contributed by atoms with Crippen LogP contribution in [0.25, 0.3) is 0 Å². The van der Waals surface area contributed by atoms with Crippen molar-refractivity contribution in [2.45, 2.75) is 27.7 Å². The van der Waals surface area contributed by atoms with Crippen molar-refractivity contribution in [1.82, 2.24) is 10.3 Å². The standard InChI is InChI=1S/C14H24N4OS/c1-13(2)8(14(13,3)4)7-16-11(19)9-10(15)17-12(20-9)18(5)6/h8H,7,15H2,1-6H3,(H,16,19). The molecular formula is C14H24N4OS. The van der Waals surface area contributed by atoms with Gasteiger partial charge in [0, 0.05) is 20.6 Å². The molecule has 2 rings (SSSR count). The number of rotatable bonds is 4. The summed E-state index contributed by atoms with van der Waals surface area (Å²) in [5.74, 6) is 0.693. The summed E-state index contributed by atoms with van der Waals surface area (Å²) in [7, 11) is 3.77. The van der Waals surface area contributed by atoms with Crippen molar-refractivity contribution in [3.8, 4) is 0 Å². The first kappa shape index (κ1) is 15.1. The fourth-order valence-corrected chi connectivity index (χ4v) is 3.62. The monoisotopic (exact) mass is 296 g/mol. The van der Waals surface area contributed by atoms with E-state index in [-0.39, 0.29) is 16.7 Å². The van der Waals surface area contributed by atoms with Crippen molar-refractivity contribution in [2.75, 3.05) is 31.3 Å². The van der Waals surface area contributed by atoms with E-state index in [1.165, 1.54) is 11.3 Å². The molecule has 1 amide bonds. The van der Waals surface area contributed by atoms with Crippen LogP contribution < -0.4 is 16.0 Å². The van der Waals surface area contributed by atoms with Gasteiger partial charge in [0.1, 0.15) is 10.7 Å². The largest absolute Gasteiger partial charge is 0.382 e. The highest BCUT2D eigenvalue weighted by Crippen LogP contribution is 2.67. The van der Waals surface area contributed by atoms with E-state index >= 15 is 0 Å². The molecule has 0 aliphatic heterocycles. The number of nitrogens with zero attached hydrogens (tertiary/aromatic N) is 2. The number of carbonyl (C=O) groups excluding carboxylic acids is 1. The Hall–Kier alpha value is -1.30. The van der Waals surface area contributed by atoms with Gasteiger partial charge in [0.2, 0.25) is 0 Å². The van der Waals surface area contributed by atoms with E-state index in [1.54, 1.807) is 0 Å². The lowest BCUT2D eigenvalue weighted by molar-refractivity contribution is 0.0954. The van der Waals surface area contributed by atoms with Gasteiger partial charge in [-0.2, -0.15) is 0 Å². The molecule has 112 valence electrons. The van der Waals surface area contributed by atoms with E-state index in [0.29, 0.717) is 23.2 Å². The molecule has 1 aliphatic rings. The molecule has 1 heterocycles. The van der Waals surface area contributed by atoms with E-state index in [1.807, 2.05) is 19.0 Å². The number of carbonyl (C=O) groups is 1. The van der Waals surface area contributed by atoms with Crippen LogP contribution in [-0.4, -0.2) is 31.5 Å². The maximum Gasteiger partial charge on any atom is 0.265 e. The second-order valence-corrected chi connectivity index (χ2v) is 7.79. The van der Waals surface area contributed by atoms with Crippen LogP contribution in [0.5, 0.6) is 0 Å². The predicted octanol–water partition coefficient (Wildman–Crippen LogP) is 2.20. The summed E-state index contributed by atoms with van der Waals surface area (Å²) in [5.41, 5.74) is 6.36. The molecule has 5 nitrogen and oxygen atoms in total. The molecule has 1 saturated carbocycles. The highest BCUT2D eigenvalue weighted by atomic mass is 32.1. The molecule has 1 aromatic rings. The lowest BCUT2D eigenvalue weighted by Crippen LogP contribution is -2.27. The third kappa shape index (κ3) is 2.26. The number of aromatic nitrogens is 1. The predicted molar refractivity (Wildman–Crippen MR) is 84.2 cm³/mol. The summed E-state index contributed by atoms with van der Waals surface area (Å²) in [4.78, 5) is 18.8. The average molecular weight is 296 g/mol. The number of anilines is 2. The van der Waals surface area contributed by atoms with Gasteiger partial charge in [0.25, 0.3) is 5.91 Å². The normalized spacial score (nSPS) is 19.7. The zero-order chi connectivity index (χ0) is 15.3. The van der Waals surface area contributed by atoms with E-state index < -0.39 is 0 Å².